The Morgan fingerprint density at radius 1 is 0.632 bits per heavy atom. The number of nitrogens with zero attached hydrogens (tertiary/aromatic N) is 4. The largest absolute Gasteiger partial charge is 0.256 e. The molecule has 0 saturated heterocycles. The normalized spacial score (nSPS) is 16.2. The third-order valence-electron chi connectivity index (χ3n) is 12.2. The maximum absolute atomic E-state index is 5.35. The Hall–Kier alpha value is -6.78. The molecule has 0 amide bonds. The van der Waals surface area contributed by atoms with Gasteiger partial charge < -0.3 is 0 Å². The standard InChI is InChI=1S/C53H42N4/c1-33(14-11-17-34-15-7-6-8-16-34)37-28-47(36-23-25-54-49(27-36)40-21-12-19-35-18-9-10-20-39(35)40)57-48(29-37)38-26-46-51(56-32-38)42-31-44-41(30-45(42)53(46,4)5)50-43(52(44,2)3)22-13-24-55-50/h6-15,17-32H,1,16H2,2-5H3/b14-11-,34-17-. The summed E-state index contributed by atoms with van der Waals surface area (Å²) >= 11 is 0. The van der Waals surface area contributed by atoms with E-state index in [1.807, 2.05) is 30.7 Å². The highest BCUT2D eigenvalue weighted by Crippen LogP contribution is 2.55. The van der Waals surface area contributed by atoms with Gasteiger partial charge in [0.15, 0.2) is 0 Å². The summed E-state index contributed by atoms with van der Waals surface area (Å²) in [6.45, 7) is 13.8. The van der Waals surface area contributed by atoms with Crippen LogP contribution in [0.25, 0.3) is 72.6 Å². The monoisotopic (exact) mass is 734 g/mol. The van der Waals surface area contributed by atoms with Crippen LogP contribution in [0.4, 0.5) is 0 Å². The lowest BCUT2D eigenvalue weighted by Crippen LogP contribution is -2.17. The molecule has 0 atom stereocenters. The number of hydrogen-bond acceptors (Lipinski definition) is 4. The lowest BCUT2D eigenvalue weighted by molar-refractivity contribution is 0.651. The molecule has 3 aliphatic carbocycles. The minimum absolute atomic E-state index is 0.139. The average Bonchev–Trinajstić information content (AvgIpc) is 3.61. The second-order valence-electron chi connectivity index (χ2n) is 16.4. The van der Waals surface area contributed by atoms with Crippen molar-refractivity contribution in [3.8, 4) is 56.3 Å². The molecule has 7 aromatic rings. The molecule has 3 aliphatic rings. The van der Waals surface area contributed by atoms with E-state index in [4.69, 9.17) is 19.9 Å². The van der Waals surface area contributed by atoms with Crippen molar-refractivity contribution in [2.24, 2.45) is 0 Å². The van der Waals surface area contributed by atoms with Crippen molar-refractivity contribution in [3.63, 3.8) is 0 Å². The van der Waals surface area contributed by atoms with Gasteiger partial charge in [-0.1, -0.05) is 125 Å². The zero-order valence-electron chi connectivity index (χ0n) is 32.7. The summed E-state index contributed by atoms with van der Waals surface area (Å²) in [5, 5.41) is 2.36. The van der Waals surface area contributed by atoms with Gasteiger partial charge in [-0.25, -0.2) is 4.98 Å². The van der Waals surface area contributed by atoms with E-state index in [0.717, 1.165) is 62.7 Å². The van der Waals surface area contributed by atoms with Gasteiger partial charge in [0.05, 0.1) is 28.5 Å². The van der Waals surface area contributed by atoms with Gasteiger partial charge >= 0.3 is 0 Å². The number of fused-ring (bicyclic) bond motifs is 7. The molecular formula is C53H42N4. The Morgan fingerprint density at radius 3 is 2.19 bits per heavy atom. The van der Waals surface area contributed by atoms with Crippen LogP contribution in [0.1, 0.15) is 61.9 Å². The van der Waals surface area contributed by atoms with Crippen molar-refractivity contribution in [3.05, 3.63) is 198 Å². The number of rotatable bonds is 6. The molecule has 0 fully saturated rings. The third kappa shape index (κ3) is 5.74. The number of hydrogen-bond donors (Lipinski definition) is 0. The lowest BCUT2D eigenvalue weighted by Gasteiger charge is -2.24. The van der Waals surface area contributed by atoms with Crippen molar-refractivity contribution >= 4 is 16.3 Å². The van der Waals surface area contributed by atoms with E-state index in [9.17, 15) is 0 Å². The van der Waals surface area contributed by atoms with E-state index in [-0.39, 0.29) is 10.8 Å². The highest BCUT2D eigenvalue weighted by molar-refractivity contribution is 5.96. The lowest BCUT2D eigenvalue weighted by atomic mass is 9.79. The predicted molar refractivity (Wildman–Crippen MR) is 236 cm³/mol. The van der Waals surface area contributed by atoms with E-state index in [1.54, 1.807) is 0 Å². The molecule has 57 heavy (non-hydrogen) atoms. The fraction of sp³-hybridized carbons (Fsp3) is 0.132. The highest BCUT2D eigenvalue weighted by atomic mass is 14.8. The van der Waals surface area contributed by atoms with Gasteiger partial charge in [0.25, 0.3) is 0 Å². The van der Waals surface area contributed by atoms with Crippen LogP contribution in [0.5, 0.6) is 0 Å². The van der Waals surface area contributed by atoms with Crippen LogP contribution in [0.2, 0.25) is 0 Å². The summed E-state index contributed by atoms with van der Waals surface area (Å²) in [6.07, 6.45) is 21.5. The molecule has 0 aliphatic heterocycles. The van der Waals surface area contributed by atoms with Crippen LogP contribution >= 0.6 is 0 Å². The molecular weight excluding hydrogens is 693 g/mol. The first-order valence-electron chi connectivity index (χ1n) is 19.7. The molecule has 274 valence electrons. The van der Waals surface area contributed by atoms with Crippen LogP contribution in [0.3, 0.4) is 0 Å². The third-order valence-corrected chi connectivity index (χ3v) is 12.2. The molecule has 4 heterocycles. The fourth-order valence-electron chi connectivity index (χ4n) is 8.97. The van der Waals surface area contributed by atoms with Gasteiger partial charge in [-0.05, 0) is 105 Å². The first-order valence-corrected chi connectivity index (χ1v) is 19.7. The van der Waals surface area contributed by atoms with Crippen molar-refractivity contribution in [1.82, 2.24) is 19.9 Å². The summed E-state index contributed by atoms with van der Waals surface area (Å²) in [5.74, 6) is 0. The molecule has 4 nitrogen and oxygen atoms in total. The van der Waals surface area contributed by atoms with Gasteiger partial charge in [0.2, 0.25) is 0 Å². The van der Waals surface area contributed by atoms with E-state index in [0.29, 0.717) is 0 Å². The SMILES string of the molecule is C=C(/C=C\C=C1\C=CC=CC1)c1cc(-c2ccnc(-c3cccc4ccccc34)c2)nc(-c2cnc3c(c2)C(C)(C)c2cc4c(cc2-3)C(C)(C)c2cccnc2-4)c1. The predicted octanol–water partition coefficient (Wildman–Crippen LogP) is 13.0. The Bertz CT molecular complexity index is 2950. The molecule has 0 bridgehead atoms. The topological polar surface area (TPSA) is 51.6 Å². The molecule has 0 radical (unpaired) electrons. The van der Waals surface area contributed by atoms with Gasteiger partial charge in [0, 0.05) is 57.2 Å². The van der Waals surface area contributed by atoms with Gasteiger partial charge in [0.1, 0.15) is 0 Å². The van der Waals surface area contributed by atoms with Crippen molar-refractivity contribution in [2.45, 2.75) is 44.9 Å². The smallest absolute Gasteiger partial charge is 0.0746 e. The van der Waals surface area contributed by atoms with Crippen LogP contribution in [-0.4, -0.2) is 19.9 Å². The highest BCUT2D eigenvalue weighted by Gasteiger charge is 2.42. The minimum atomic E-state index is -0.272. The van der Waals surface area contributed by atoms with Crippen LogP contribution < -0.4 is 0 Å². The number of allylic oxidation sites excluding steroid dienone is 9. The summed E-state index contributed by atoms with van der Waals surface area (Å²) in [5.41, 5.74) is 18.1. The quantitative estimate of drug-likeness (QED) is 0.160. The average molecular weight is 735 g/mol. The maximum atomic E-state index is 5.35. The first kappa shape index (κ1) is 34.7. The zero-order chi connectivity index (χ0) is 38.9. The molecule has 3 aromatic carbocycles. The van der Waals surface area contributed by atoms with Gasteiger partial charge in [-0.3, -0.25) is 15.0 Å². The molecule has 0 spiro atoms. The second-order valence-corrected chi connectivity index (χ2v) is 16.4. The Kier molecular flexibility index (Phi) is 8.02. The minimum Gasteiger partial charge on any atom is -0.256 e. The Labute approximate surface area is 334 Å². The van der Waals surface area contributed by atoms with E-state index >= 15 is 0 Å². The van der Waals surface area contributed by atoms with E-state index in [2.05, 4.69) is 162 Å². The Balaban J connectivity index is 1.08. The molecule has 0 unspecified atom stereocenters. The van der Waals surface area contributed by atoms with Gasteiger partial charge in [-0.15, -0.1) is 0 Å². The number of pyridine rings is 4. The van der Waals surface area contributed by atoms with Crippen molar-refractivity contribution in [2.75, 3.05) is 0 Å². The van der Waals surface area contributed by atoms with Gasteiger partial charge in [-0.2, -0.15) is 0 Å². The molecule has 4 aromatic heterocycles. The summed E-state index contributed by atoms with van der Waals surface area (Å²) < 4.78 is 0. The first-order chi connectivity index (χ1) is 27.7. The molecule has 10 rings (SSSR count). The molecule has 0 N–H and O–H groups in total. The Morgan fingerprint density at radius 2 is 1.39 bits per heavy atom. The van der Waals surface area contributed by atoms with Crippen molar-refractivity contribution < 1.29 is 0 Å². The number of aromatic nitrogens is 4. The maximum Gasteiger partial charge on any atom is 0.0746 e. The number of benzene rings is 3. The zero-order valence-corrected chi connectivity index (χ0v) is 32.7. The molecule has 4 heteroatoms. The van der Waals surface area contributed by atoms with Crippen LogP contribution in [0.15, 0.2) is 170 Å². The second kappa shape index (κ2) is 13.2. The van der Waals surface area contributed by atoms with E-state index in [1.165, 1.54) is 49.7 Å². The fourth-order valence-corrected chi connectivity index (χ4v) is 8.97. The summed E-state index contributed by atoms with van der Waals surface area (Å²) in [7, 11) is 0. The van der Waals surface area contributed by atoms with Crippen molar-refractivity contribution in [1.29, 1.82) is 0 Å². The molecule has 0 saturated carbocycles. The summed E-state index contributed by atoms with van der Waals surface area (Å²) in [6, 6.07) is 34.7. The van der Waals surface area contributed by atoms with Crippen LogP contribution in [-0.2, 0) is 10.8 Å². The van der Waals surface area contributed by atoms with E-state index < -0.39 is 0 Å². The van der Waals surface area contributed by atoms with Crippen LogP contribution in [0, 0.1) is 0 Å². The summed E-state index contributed by atoms with van der Waals surface area (Å²) in [4.78, 5) is 20.3.